The minimum Gasteiger partial charge on any atom is -0.550 e. The van der Waals surface area contributed by atoms with E-state index < -0.39 is 64.0 Å². The van der Waals surface area contributed by atoms with Gasteiger partial charge in [0.25, 0.3) is 26.8 Å². The molecule has 508 valence electrons. The quantitative estimate of drug-likeness (QED) is 0.0123. The van der Waals surface area contributed by atoms with E-state index in [0.717, 1.165) is 38.9 Å². The number of carboxylic acids is 3. The SMILES string of the molecule is COC(=O)CC[C@H](CC(=O)c1ccc(CCc2c[nH]c3nc(N)[nH]c(=O)c23)cc1)C(=O)OC.Cc1ccc(S(=O)(=O)O)cc1.Nc1nc2[nH]cc(CCc3ccc(C(=O)CC(CCC(=O)[O-])C(=O)[O-])cc3)c2c(=O)[nH]1.Nc1nc2[nH]cc(CCc3ccc(C(=O)O)cc3)c2c(=O)[nH]1.[Na+].[Na+]. The number of esters is 2. The number of benzene rings is 4. The molecule has 6 aromatic heterocycles. The number of fused-ring (bicyclic) bond motifs is 3. The van der Waals surface area contributed by atoms with Crippen LogP contribution in [0.1, 0.15) is 109 Å². The van der Waals surface area contributed by atoms with E-state index in [-0.39, 0.29) is 142 Å². The predicted octanol–water partition coefficient (Wildman–Crippen LogP) is -2.41. The van der Waals surface area contributed by atoms with Crippen LogP contribution in [0.3, 0.4) is 0 Å². The molecule has 2 atom stereocenters. The Morgan fingerprint density at radius 3 is 1.19 bits per heavy atom. The zero-order chi connectivity index (χ0) is 70.7. The van der Waals surface area contributed by atoms with Crippen LogP contribution in [0.4, 0.5) is 17.8 Å². The third-order valence-corrected chi connectivity index (χ3v) is 16.3. The zero-order valence-corrected chi connectivity index (χ0v) is 59.3. The summed E-state index contributed by atoms with van der Waals surface area (Å²) in [4.78, 5) is 146. The van der Waals surface area contributed by atoms with Gasteiger partial charge in [0, 0.05) is 66.8 Å². The molecule has 10 rings (SSSR count). The van der Waals surface area contributed by atoms with Gasteiger partial charge in [-0.3, -0.25) is 53.1 Å². The van der Waals surface area contributed by atoms with Crippen molar-refractivity contribution in [2.75, 3.05) is 31.4 Å². The van der Waals surface area contributed by atoms with Crippen LogP contribution in [0.25, 0.3) is 33.1 Å². The number of H-pyrrole nitrogens is 6. The third-order valence-electron chi connectivity index (χ3n) is 15.4. The first kappa shape index (κ1) is 79.8. The van der Waals surface area contributed by atoms with E-state index in [0.29, 0.717) is 82.8 Å². The van der Waals surface area contributed by atoms with Crippen LogP contribution in [-0.4, -0.2) is 119 Å². The van der Waals surface area contributed by atoms with E-state index in [1.807, 2.05) is 19.1 Å². The number of anilines is 3. The summed E-state index contributed by atoms with van der Waals surface area (Å²) >= 11 is 0. The topological polar surface area (TPSA) is 521 Å². The largest absolute Gasteiger partial charge is 1.00 e. The van der Waals surface area contributed by atoms with Gasteiger partial charge in [-0.15, -0.1) is 0 Å². The Balaban J connectivity index is 0.000000249. The maximum atomic E-state index is 12.7. The average Bonchev–Trinajstić information content (AvgIpc) is 1.68. The Morgan fingerprint density at radius 1 is 0.515 bits per heavy atom. The number of aliphatic carboxylic acids is 2. The van der Waals surface area contributed by atoms with Crippen molar-refractivity contribution >= 4 is 102 Å². The molecule has 99 heavy (non-hydrogen) atoms. The smallest absolute Gasteiger partial charge is 0.550 e. The maximum Gasteiger partial charge on any atom is 1.00 e. The summed E-state index contributed by atoms with van der Waals surface area (Å²) in [6.45, 7) is 1.84. The number of carbonyl (C=O) groups is 7. The van der Waals surface area contributed by atoms with E-state index in [1.165, 1.54) is 26.4 Å². The van der Waals surface area contributed by atoms with Gasteiger partial charge < -0.3 is 66.5 Å². The number of aryl methyl sites for hydroxylation is 7. The van der Waals surface area contributed by atoms with E-state index in [9.17, 15) is 66.6 Å². The molecule has 33 heteroatoms. The Labute approximate surface area is 607 Å². The van der Waals surface area contributed by atoms with Crippen molar-refractivity contribution in [2.45, 2.75) is 88.9 Å². The third kappa shape index (κ3) is 23.1. The van der Waals surface area contributed by atoms with E-state index in [1.54, 1.807) is 91.4 Å². The molecule has 0 radical (unpaired) electrons. The molecule has 0 saturated carbocycles. The maximum absolute atomic E-state index is 12.7. The summed E-state index contributed by atoms with van der Waals surface area (Å²) in [6.07, 6.45) is 8.04. The van der Waals surface area contributed by atoms with Crippen LogP contribution in [0.15, 0.2) is 135 Å². The molecule has 0 aliphatic heterocycles. The second kappa shape index (κ2) is 37.2. The van der Waals surface area contributed by atoms with Gasteiger partial charge in [0.15, 0.2) is 11.6 Å². The Kier molecular flexibility index (Phi) is 30.0. The number of Topliss-reactive ketones (excluding diaryl/α,β-unsaturated/α-hetero) is 2. The van der Waals surface area contributed by atoms with Crippen molar-refractivity contribution in [1.29, 1.82) is 0 Å². The molecular formula is C66H68N12Na2O18S. The summed E-state index contributed by atoms with van der Waals surface area (Å²) in [5, 5.41) is 32.0. The molecule has 0 aliphatic carbocycles. The van der Waals surface area contributed by atoms with Gasteiger partial charge in [-0.25, -0.2) is 4.79 Å². The number of carboxylic acid groups (broad SMARTS) is 3. The van der Waals surface area contributed by atoms with Crippen LogP contribution in [0, 0.1) is 18.8 Å². The molecule has 0 amide bonds. The van der Waals surface area contributed by atoms with Gasteiger partial charge in [0.2, 0.25) is 17.8 Å². The van der Waals surface area contributed by atoms with Crippen LogP contribution in [0.2, 0.25) is 0 Å². The number of nitrogens with zero attached hydrogens (tertiary/aromatic N) is 3. The minimum absolute atomic E-state index is 0. The van der Waals surface area contributed by atoms with Crippen LogP contribution >= 0.6 is 0 Å². The van der Waals surface area contributed by atoms with E-state index >= 15 is 0 Å². The summed E-state index contributed by atoms with van der Waals surface area (Å²) < 4.78 is 38.9. The molecule has 0 fully saturated rings. The number of aromatic carboxylic acids is 1. The van der Waals surface area contributed by atoms with Gasteiger partial charge in [-0.05, 0) is 122 Å². The molecule has 6 heterocycles. The molecule has 0 aliphatic rings. The molecule has 10 aromatic rings. The van der Waals surface area contributed by atoms with Crippen molar-refractivity contribution in [1.82, 2.24) is 44.9 Å². The number of carbonyl (C=O) groups excluding carboxylic acids is 6. The van der Waals surface area contributed by atoms with Gasteiger partial charge in [0.05, 0.1) is 46.8 Å². The number of methoxy groups -OCH3 is 2. The van der Waals surface area contributed by atoms with Crippen molar-refractivity contribution < 1.29 is 130 Å². The van der Waals surface area contributed by atoms with Gasteiger partial charge in [-0.1, -0.05) is 78.4 Å². The number of hydrogen-bond acceptors (Lipinski definition) is 22. The van der Waals surface area contributed by atoms with Gasteiger partial charge in [0.1, 0.15) is 16.9 Å². The first-order valence-electron chi connectivity index (χ1n) is 29.8. The number of aromatic amines is 6. The second-order valence-electron chi connectivity index (χ2n) is 22.2. The van der Waals surface area contributed by atoms with Crippen LogP contribution in [-0.2, 0) is 77.3 Å². The number of nitrogens with one attached hydrogen (secondary N) is 6. The van der Waals surface area contributed by atoms with Crippen molar-refractivity contribution in [3.63, 3.8) is 0 Å². The van der Waals surface area contributed by atoms with Crippen molar-refractivity contribution in [3.05, 3.63) is 202 Å². The number of rotatable bonds is 25. The fourth-order valence-electron chi connectivity index (χ4n) is 10.2. The van der Waals surface area contributed by atoms with Gasteiger partial charge in [-0.2, -0.15) is 23.4 Å². The zero-order valence-electron chi connectivity index (χ0n) is 54.5. The van der Waals surface area contributed by atoms with E-state index in [2.05, 4.69) is 49.6 Å². The number of hydrogen-bond donors (Lipinski definition) is 11. The Bertz CT molecular complexity index is 4800. The van der Waals surface area contributed by atoms with Crippen LogP contribution in [0.5, 0.6) is 0 Å². The number of nitrogens with two attached hydrogens (primary N) is 3. The Hall–Kier alpha value is -9.86. The molecule has 1 unspecified atom stereocenters. The molecule has 0 saturated heterocycles. The Morgan fingerprint density at radius 2 is 0.869 bits per heavy atom. The number of ketones is 2. The summed E-state index contributed by atoms with van der Waals surface area (Å²) in [5.74, 6) is -7.13. The number of aromatic nitrogens is 9. The van der Waals surface area contributed by atoms with Crippen molar-refractivity contribution in [3.8, 4) is 0 Å². The monoisotopic (exact) mass is 1390 g/mol. The van der Waals surface area contributed by atoms with Crippen molar-refractivity contribution in [2.24, 2.45) is 11.8 Å². The van der Waals surface area contributed by atoms with Crippen LogP contribution < -0.4 is 103 Å². The summed E-state index contributed by atoms with van der Waals surface area (Å²) in [6, 6.07) is 26.4. The van der Waals surface area contributed by atoms with Gasteiger partial charge >= 0.3 is 77.0 Å². The average molecular weight is 1400 g/mol. The molecule has 30 nitrogen and oxygen atoms in total. The fraction of sp³-hybridized carbons (Fsp3) is 0.258. The normalized spacial score (nSPS) is 11.4. The minimum atomic E-state index is -4.02. The standard InChI is InChI=1S/C23H26N4O6.C21H22N4O6.C15H14N4O3.C7H8O3S.2Na/c1-32-18(29)10-9-15(22(31)33-2)11-17(28)14-6-3-13(4-7-14)5-8-16-12-25-20-19(16)21(30)27-23(24)26-20;22-21-24-18-17(19(29)25-21)14(10-23-18)6-3-11-1-4-12(5-2-11)15(26)9-13(20(30)31)7-8-16(27)28;16-15-18-12-11(13(20)19-15)10(7-17-12)6-3-8-1-4-9(5-2-8)14(21)22;1-6-2-4-7(5-3-6)11(8,9)10;;/h3-4,6-7,12,15H,5,8-11H2,1-2H3,(H4,24,25,26,27,30);1-2,4-5,10,13H,3,6-9H2,(H,27,28)(H,30,31)(H4,22,23,24,25,29);1-2,4-5,7H,3,6H2,(H,21,22)(H4,16,17,18,19,20);2-5H,1H3,(H,8,9,10);;/q;;;;2*+1/p-2/t15-;;;;;/m1...../s1. The van der Waals surface area contributed by atoms with E-state index in [4.69, 9.17) is 31.6 Å². The number of nitrogen functional groups attached to an aromatic ring is 3. The summed E-state index contributed by atoms with van der Waals surface area (Å²) in [5.41, 5.74) is 24.4. The second-order valence-corrected chi connectivity index (χ2v) is 23.6. The predicted molar refractivity (Wildman–Crippen MR) is 350 cm³/mol. The summed E-state index contributed by atoms with van der Waals surface area (Å²) in [7, 11) is -1.50. The fourth-order valence-corrected chi connectivity index (χ4v) is 10.7. The first-order chi connectivity index (χ1) is 46.1. The molecular weight excluding hydrogens is 1330 g/mol. The number of ether oxygens (including phenoxy) is 2. The molecule has 0 bridgehead atoms. The first-order valence-corrected chi connectivity index (χ1v) is 31.3. The molecule has 0 spiro atoms. The molecule has 4 aromatic carbocycles. The molecule has 14 N–H and O–H groups in total.